The van der Waals surface area contributed by atoms with Gasteiger partial charge in [-0.05, 0) is 48.7 Å². The SMILES string of the molecule is CCCNC(=O)[C@H](CC)N(Cc1ccccc1)C(=O)CN(c1cc(Cl)ccc1Cl)S(=O)(=O)c1ccccc1. The normalized spacial score (nSPS) is 12.0. The van der Waals surface area contributed by atoms with E-state index in [9.17, 15) is 18.0 Å². The summed E-state index contributed by atoms with van der Waals surface area (Å²) in [6.07, 6.45) is 1.09. The van der Waals surface area contributed by atoms with Crippen molar-refractivity contribution in [2.24, 2.45) is 0 Å². The van der Waals surface area contributed by atoms with Crippen molar-refractivity contribution in [3.63, 3.8) is 0 Å². The van der Waals surface area contributed by atoms with Gasteiger partial charge in [0.1, 0.15) is 12.6 Å². The van der Waals surface area contributed by atoms with E-state index in [-0.39, 0.29) is 33.1 Å². The highest BCUT2D eigenvalue weighted by Gasteiger charge is 2.34. The van der Waals surface area contributed by atoms with E-state index < -0.39 is 28.5 Å². The van der Waals surface area contributed by atoms with Crippen LogP contribution in [0.15, 0.2) is 83.8 Å². The van der Waals surface area contributed by atoms with E-state index in [2.05, 4.69) is 5.32 Å². The van der Waals surface area contributed by atoms with Crippen molar-refractivity contribution < 1.29 is 18.0 Å². The fourth-order valence-electron chi connectivity index (χ4n) is 3.98. The number of nitrogens with zero attached hydrogens (tertiary/aromatic N) is 2. The molecule has 3 aromatic carbocycles. The molecule has 0 bridgehead atoms. The van der Waals surface area contributed by atoms with Crippen molar-refractivity contribution in [2.45, 2.75) is 44.2 Å². The highest BCUT2D eigenvalue weighted by atomic mass is 35.5. The summed E-state index contributed by atoms with van der Waals surface area (Å²) in [4.78, 5) is 28.4. The van der Waals surface area contributed by atoms with E-state index >= 15 is 0 Å². The van der Waals surface area contributed by atoms with Gasteiger partial charge in [0.25, 0.3) is 10.0 Å². The number of anilines is 1. The highest BCUT2D eigenvalue weighted by Crippen LogP contribution is 2.33. The zero-order valence-electron chi connectivity index (χ0n) is 21.3. The second-order valence-electron chi connectivity index (χ2n) is 8.64. The molecule has 0 heterocycles. The molecule has 0 aromatic heterocycles. The van der Waals surface area contributed by atoms with E-state index in [1.807, 2.05) is 44.2 Å². The number of hydrogen-bond donors (Lipinski definition) is 1. The molecular weight excluding hydrogens is 545 g/mol. The molecule has 1 atom stereocenters. The Morgan fingerprint density at radius 3 is 2.16 bits per heavy atom. The van der Waals surface area contributed by atoms with Crippen LogP contribution in [0.1, 0.15) is 32.3 Å². The van der Waals surface area contributed by atoms with E-state index in [4.69, 9.17) is 23.2 Å². The fraction of sp³-hybridized carbons (Fsp3) is 0.286. The average Bonchev–Trinajstić information content (AvgIpc) is 2.92. The van der Waals surface area contributed by atoms with Crippen LogP contribution in [0.2, 0.25) is 10.0 Å². The number of carbonyl (C=O) groups is 2. The van der Waals surface area contributed by atoms with Crippen LogP contribution in [0.5, 0.6) is 0 Å². The Labute approximate surface area is 234 Å². The molecule has 1 N–H and O–H groups in total. The van der Waals surface area contributed by atoms with Gasteiger partial charge in [0.2, 0.25) is 11.8 Å². The van der Waals surface area contributed by atoms with Gasteiger partial charge in [-0.15, -0.1) is 0 Å². The number of nitrogens with one attached hydrogen (secondary N) is 1. The van der Waals surface area contributed by atoms with Crippen molar-refractivity contribution >= 4 is 50.7 Å². The van der Waals surface area contributed by atoms with Crippen LogP contribution >= 0.6 is 23.2 Å². The quantitative estimate of drug-likeness (QED) is 0.308. The summed E-state index contributed by atoms with van der Waals surface area (Å²) >= 11 is 12.6. The third-order valence-electron chi connectivity index (χ3n) is 5.92. The molecule has 0 fully saturated rings. The molecular formula is C28H31Cl2N3O4S. The Kier molecular flexibility index (Phi) is 10.6. The smallest absolute Gasteiger partial charge is 0.264 e. The summed E-state index contributed by atoms with van der Waals surface area (Å²) in [5.41, 5.74) is 0.875. The zero-order valence-corrected chi connectivity index (χ0v) is 23.6. The van der Waals surface area contributed by atoms with E-state index in [0.717, 1.165) is 16.3 Å². The Balaban J connectivity index is 2.07. The number of hydrogen-bond acceptors (Lipinski definition) is 4. The minimum absolute atomic E-state index is 0.00816. The second-order valence-corrected chi connectivity index (χ2v) is 11.3. The predicted octanol–water partition coefficient (Wildman–Crippen LogP) is 5.52. The maximum atomic E-state index is 13.9. The van der Waals surface area contributed by atoms with Crippen LogP contribution < -0.4 is 9.62 Å². The van der Waals surface area contributed by atoms with E-state index in [1.165, 1.54) is 35.2 Å². The van der Waals surface area contributed by atoms with Crippen molar-refractivity contribution in [1.29, 1.82) is 0 Å². The molecule has 2 amide bonds. The lowest BCUT2D eigenvalue weighted by atomic mass is 10.1. The summed E-state index contributed by atoms with van der Waals surface area (Å²) in [5, 5.41) is 3.23. The van der Waals surface area contributed by atoms with E-state index in [0.29, 0.717) is 13.0 Å². The minimum atomic E-state index is -4.22. The number of halogens is 2. The second kappa shape index (κ2) is 13.6. The Bertz CT molecular complexity index is 1340. The molecule has 38 heavy (non-hydrogen) atoms. The molecule has 3 aromatic rings. The first-order chi connectivity index (χ1) is 18.2. The van der Waals surface area contributed by atoms with Gasteiger partial charge in [0.15, 0.2) is 0 Å². The number of rotatable bonds is 12. The largest absolute Gasteiger partial charge is 0.354 e. The molecule has 202 valence electrons. The molecule has 0 aliphatic carbocycles. The van der Waals surface area contributed by atoms with Gasteiger partial charge in [-0.25, -0.2) is 8.42 Å². The maximum absolute atomic E-state index is 13.9. The van der Waals surface area contributed by atoms with Gasteiger partial charge < -0.3 is 10.2 Å². The summed E-state index contributed by atoms with van der Waals surface area (Å²) in [6, 6.07) is 20.6. The number of benzene rings is 3. The standard InChI is InChI=1S/C28H31Cl2N3O4S/c1-3-17-31-28(35)25(4-2)32(19-21-11-7-5-8-12-21)27(34)20-33(26-18-22(29)15-16-24(26)30)38(36,37)23-13-9-6-10-14-23/h5-16,18,25H,3-4,17,19-20H2,1-2H3,(H,31,35)/t25-/m0/s1. The van der Waals surface area contributed by atoms with Crippen molar-refractivity contribution in [2.75, 3.05) is 17.4 Å². The molecule has 0 aliphatic rings. The Morgan fingerprint density at radius 2 is 1.55 bits per heavy atom. The molecule has 0 radical (unpaired) electrons. The molecule has 0 unspecified atom stereocenters. The summed E-state index contributed by atoms with van der Waals surface area (Å²) < 4.78 is 28.6. The van der Waals surface area contributed by atoms with Gasteiger partial charge >= 0.3 is 0 Å². The molecule has 0 aliphatic heterocycles. The van der Waals surface area contributed by atoms with Crippen molar-refractivity contribution in [3.05, 3.63) is 94.5 Å². The van der Waals surface area contributed by atoms with Crippen LogP contribution in [-0.4, -0.2) is 44.3 Å². The first-order valence-corrected chi connectivity index (χ1v) is 14.5. The first kappa shape index (κ1) is 29.5. The topological polar surface area (TPSA) is 86.8 Å². The van der Waals surface area contributed by atoms with Gasteiger partial charge in [-0.2, -0.15) is 0 Å². The highest BCUT2D eigenvalue weighted by molar-refractivity contribution is 7.92. The third-order valence-corrected chi connectivity index (χ3v) is 8.25. The van der Waals surface area contributed by atoms with Gasteiger partial charge in [0, 0.05) is 18.1 Å². The van der Waals surface area contributed by atoms with Gasteiger partial charge in [-0.3, -0.25) is 13.9 Å². The lowest BCUT2D eigenvalue weighted by molar-refractivity contribution is -0.140. The molecule has 3 rings (SSSR count). The van der Waals surface area contributed by atoms with Crippen molar-refractivity contribution in [3.8, 4) is 0 Å². The maximum Gasteiger partial charge on any atom is 0.264 e. The monoisotopic (exact) mass is 575 g/mol. The van der Waals surface area contributed by atoms with Crippen LogP contribution in [0.3, 0.4) is 0 Å². The fourth-order valence-corrected chi connectivity index (χ4v) is 5.86. The predicted molar refractivity (Wildman–Crippen MR) is 152 cm³/mol. The van der Waals surface area contributed by atoms with Gasteiger partial charge in [-0.1, -0.05) is 85.6 Å². The van der Waals surface area contributed by atoms with Gasteiger partial charge in [0.05, 0.1) is 15.6 Å². The van der Waals surface area contributed by atoms with Crippen molar-refractivity contribution in [1.82, 2.24) is 10.2 Å². The Morgan fingerprint density at radius 1 is 0.921 bits per heavy atom. The number of sulfonamides is 1. The lowest BCUT2D eigenvalue weighted by Gasteiger charge is -2.33. The van der Waals surface area contributed by atoms with E-state index in [1.54, 1.807) is 18.2 Å². The number of carbonyl (C=O) groups excluding carboxylic acids is 2. The third kappa shape index (κ3) is 7.28. The number of amides is 2. The van der Waals surface area contributed by atoms with Crippen LogP contribution in [-0.2, 0) is 26.2 Å². The molecule has 10 heteroatoms. The molecule has 0 spiro atoms. The summed E-state index contributed by atoms with van der Waals surface area (Å²) in [5.74, 6) is -0.847. The minimum Gasteiger partial charge on any atom is -0.354 e. The average molecular weight is 577 g/mol. The van der Waals surface area contributed by atoms with Crippen LogP contribution in [0.25, 0.3) is 0 Å². The Hall–Kier alpha value is -3.07. The molecule has 0 saturated carbocycles. The lowest BCUT2D eigenvalue weighted by Crippen LogP contribution is -2.52. The molecule has 0 saturated heterocycles. The molecule has 7 nitrogen and oxygen atoms in total. The summed E-state index contributed by atoms with van der Waals surface area (Å²) in [6.45, 7) is 3.76. The zero-order chi connectivity index (χ0) is 27.7. The summed E-state index contributed by atoms with van der Waals surface area (Å²) in [7, 11) is -4.22. The first-order valence-electron chi connectivity index (χ1n) is 12.3. The van der Waals surface area contributed by atoms with Crippen LogP contribution in [0, 0.1) is 0 Å². The van der Waals surface area contributed by atoms with Crippen LogP contribution in [0.4, 0.5) is 5.69 Å².